The van der Waals surface area contributed by atoms with Gasteiger partial charge in [0.15, 0.2) is 23.2 Å². The van der Waals surface area contributed by atoms with Crippen LogP contribution in [0.4, 0.5) is 5.82 Å². The van der Waals surface area contributed by atoms with E-state index >= 15 is 0 Å². The van der Waals surface area contributed by atoms with Crippen LogP contribution >= 0.6 is 0 Å². The molecule has 2 unspecified atom stereocenters. The summed E-state index contributed by atoms with van der Waals surface area (Å²) >= 11 is 0. The van der Waals surface area contributed by atoms with E-state index in [1.807, 2.05) is 0 Å². The number of aliphatic hydroxyl groups is 3. The molecule has 5 N–H and O–H groups in total. The summed E-state index contributed by atoms with van der Waals surface area (Å²) < 4.78 is 12.2. The second kappa shape index (κ2) is 9.67. The molecule has 33 heavy (non-hydrogen) atoms. The number of phenols is 1. The number of aromatic nitrogens is 4. The summed E-state index contributed by atoms with van der Waals surface area (Å²) in [6.07, 6.45) is -1.61. The van der Waals surface area contributed by atoms with Crippen molar-refractivity contribution in [1.82, 2.24) is 19.5 Å². The van der Waals surface area contributed by atoms with Crippen LogP contribution in [0.15, 0.2) is 36.9 Å². The molecule has 12 nitrogen and oxygen atoms in total. The minimum atomic E-state index is -1.30. The van der Waals surface area contributed by atoms with E-state index in [0.29, 0.717) is 11.2 Å². The Morgan fingerprint density at radius 1 is 1.21 bits per heavy atom. The number of phenolic OH excluding ortho intramolecular Hbond substituents is 1. The number of carbonyl (C=O) groups excluding carboxylic acids is 1. The largest absolute Gasteiger partial charge is 0.508 e. The summed E-state index contributed by atoms with van der Waals surface area (Å²) in [4.78, 5) is 25.3. The number of hydrogen-bond acceptors (Lipinski definition) is 11. The zero-order chi connectivity index (χ0) is 23.5. The first-order valence-corrected chi connectivity index (χ1v) is 10.4. The van der Waals surface area contributed by atoms with Gasteiger partial charge in [-0.25, -0.2) is 19.7 Å². The molecular weight excluding hydrogens is 434 g/mol. The van der Waals surface area contributed by atoms with Crippen LogP contribution in [0.3, 0.4) is 0 Å². The standard InChI is InChI=1S/C21H25N5O7/c1-2-32-21(31)13(7-11-3-5-12(28)6-4-11)25-18-15-19(23-9-22-18)26(10-24-15)20-17(30)16(29)14(8-27)33-20/h3-6,9-10,13-14,16-17,20,27-30H,2,7-8H2,1H3,(H,22,23,25)/t13-,14+,16?,17?,20+/m0/s1. The van der Waals surface area contributed by atoms with E-state index in [1.54, 1.807) is 19.1 Å². The van der Waals surface area contributed by atoms with Crippen molar-refractivity contribution in [3.05, 3.63) is 42.5 Å². The number of nitrogens with one attached hydrogen (secondary N) is 1. The average Bonchev–Trinajstić information content (AvgIpc) is 3.36. The van der Waals surface area contributed by atoms with Gasteiger partial charge in [-0.2, -0.15) is 0 Å². The molecule has 1 aliphatic rings. The van der Waals surface area contributed by atoms with Crippen LogP contribution in [0.5, 0.6) is 5.75 Å². The number of aliphatic hydroxyl groups excluding tert-OH is 3. The van der Waals surface area contributed by atoms with Crippen molar-refractivity contribution in [3.63, 3.8) is 0 Å². The van der Waals surface area contributed by atoms with E-state index in [-0.39, 0.29) is 24.6 Å². The van der Waals surface area contributed by atoms with Gasteiger partial charge in [0.25, 0.3) is 0 Å². The van der Waals surface area contributed by atoms with Gasteiger partial charge in [0.1, 0.15) is 36.4 Å². The predicted molar refractivity (Wildman–Crippen MR) is 114 cm³/mol. The fourth-order valence-electron chi connectivity index (χ4n) is 3.72. The number of hydrogen-bond donors (Lipinski definition) is 5. The van der Waals surface area contributed by atoms with E-state index < -0.39 is 43.2 Å². The summed E-state index contributed by atoms with van der Waals surface area (Å²) in [7, 11) is 0. The lowest BCUT2D eigenvalue weighted by molar-refractivity contribution is -0.144. The van der Waals surface area contributed by atoms with Crippen molar-refractivity contribution >= 4 is 23.0 Å². The Bertz CT molecular complexity index is 1110. The molecule has 0 aliphatic carbocycles. The topological polar surface area (TPSA) is 172 Å². The van der Waals surface area contributed by atoms with E-state index in [0.717, 1.165) is 5.56 Å². The Kier molecular flexibility index (Phi) is 6.70. The molecule has 0 radical (unpaired) electrons. The average molecular weight is 459 g/mol. The Labute approximate surface area is 188 Å². The highest BCUT2D eigenvalue weighted by molar-refractivity contribution is 5.86. The molecule has 2 aromatic heterocycles. The summed E-state index contributed by atoms with van der Waals surface area (Å²) in [5.41, 5.74) is 1.41. The second-order valence-corrected chi connectivity index (χ2v) is 7.59. The number of carbonyl (C=O) groups is 1. The number of esters is 1. The zero-order valence-electron chi connectivity index (χ0n) is 17.8. The fraction of sp³-hybridized carbons (Fsp3) is 0.429. The first kappa shape index (κ1) is 22.9. The van der Waals surface area contributed by atoms with Gasteiger partial charge in [0.2, 0.25) is 0 Å². The number of nitrogens with zero attached hydrogens (tertiary/aromatic N) is 4. The SMILES string of the molecule is CCOC(=O)[C@H](Cc1ccc(O)cc1)Nc1ncnc2c1ncn2[C@@H]1O[C@H](CO)C(O)C1O. The third-order valence-corrected chi connectivity index (χ3v) is 5.41. The number of imidazole rings is 1. The third kappa shape index (κ3) is 4.59. The summed E-state index contributed by atoms with van der Waals surface area (Å²) in [6.45, 7) is 1.45. The van der Waals surface area contributed by atoms with Crippen LogP contribution in [-0.2, 0) is 20.7 Å². The third-order valence-electron chi connectivity index (χ3n) is 5.41. The molecular formula is C21H25N5O7. The predicted octanol–water partition coefficient (Wildman–Crippen LogP) is -0.270. The molecule has 3 aromatic rings. The summed E-state index contributed by atoms with van der Waals surface area (Å²) in [6, 6.07) is 5.67. The molecule has 1 aliphatic heterocycles. The molecule has 0 bridgehead atoms. The lowest BCUT2D eigenvalue weighted by atomic mass is 10.1. The molecule has 4 rings (SSSR count). The molecule has 12 heteroatoms. The Balaban J connectivity index is 1.62. The molecule has 3 heterocycles. The molecule has 5 atom stereocenters. The van der Waals surface area contributed by atoms with Crippen LogP contribution < -0.4 is 5.32 Å². The highest BCUT2D eigenvalue weighted by Crippen LogP contribution is 2.32. The highest BCUT2D eigenvalue weighted by Gasteiger charge is 2.44. The van der Waals surface area contributed by atoms with Gasteiger partial charge in [-0.05, 0) is 24.6 Å². The number of benzene rings is 1. The summed E-state index contributed by atoms with van der Waals surface area (Å²) in [5.74, 6) is -0.102. The van der Waals surface area contributed by atoms with Gasteiger partial charge < -0.3 is 35.2 Å². The van der Waals surface area contributed by atoms with Crippen molar-refractivity contribution in [1.29, 1.82) is 0 Å². The molecule has 1 saturated heterocycles. The maximum Gasteiger partial charge on any atom is 0.328 e. The quantitative estimate of drug-likeness (QED) is 0.281. The van der Waals surface area contributed by atoms with Crippen molar-refractivity contribution in [2.75, 3.05) is 18.5 Å². The molecule has 1 aromatic carbocycles. The Morgan fingerprint density at radius 3 is 2.64 bits per heavy atom. The van der Waals surface area contributed by atoms with Crippen LogP contribution in [0.2, 0.25) is 0 Å². The molecule has 1 fully saturated rings. The first-order chi connectivity index (χ1) is 15.9. The van der Waals surface area contributed by atoms with E-state index in [4.69, 9.17) is 9.47 Å². The molecule has 176 valence electrons. The van der Waals surface area contributed by atoms with Crippen LogP contribution in [0, 0.1) is 0 Å². The van der Waals surface area contributed by atoms with Gasteiger partial charge in [0.05, 0.1) is 19.5 Å². The van der Waals surface area contributed by atoms with Gasteiger partial charge in [0, 0.05) is 6.42 Å². The Morgan fingerprint density at radius 2 is 1.97 bits per heavy atom. The lowest BCUT2D eigenvalue weighted by Crippen LogP contribution is -2.34. The Hall–Kier alpha value is -3.32. The lowest BCUT2D eigenvalue weighted by Gasteiger charge is -2.19. The van der Waals surface area contributed by atoms with Gasteiger partial charge >= 0.3 is 5.97 Å². The fourth-order valence-corrected chi connectivity index (χ4v) is 3.72. The zero-order valence-corrected chi connectivity index (χ0v) is 17.8. The van der Waals surface area contributed by atoms with Crippen LogP contribution in [-0.4, -0.2) is 83.5 Å². The van der Waals surface area contributed by atoms with Crippen LogP contribution in [0.25, 0.3) is 11.2 Å². The minimum absolute atomic E-state index is 0.118. The van der Waals surface area contributed by atoms with Gasteiger partial charge in [-0.1, -0.05) is 12.1 Å². The van der Waals surface area contributed by atoms with E-state index in [9.17, 15) is 25.2 Å². The number of rotatable bonds is 8. The molecule has 0 spiro atoms. The first-order valence-electron chi connectivity index (χ1n) is 10.4. The number of ether oxygens (including phenoxy) is 2. The maximum absolute atomic E-state index is 12.6. The normalized spacial score (nSPS) is 23.5. The van der Waals surface area contributed by atoms with Crippen LogP contribution in [0.1, 0.15) is 18.7 Å². The second-order valence-electron chi connectivity index (χ2n) is 7.59. The van der Waals surface area contributed by atoms with Crippen molar-refractivity contribution in [3.8, 4) is 5.75 Å². The van der Waals surface area contributed by atoms with Gasteiger partial charge in [-0.15, -0.1) is 0 Å². The van der Waals surface area contributed by atoms with Gasteiger partial charge in [-0.3, -0.25) is 4.57 Å². The van der Waals surface area contributed by atoms with Crippen molar-refractivity contribution in [2.24, 2.45) is 0 Å². The smallest absolute Gasteiger partial charge is 0.328 e. The molecule has 0 amide bonds. The van der Waals surface area contributed by atoms with E-state index in [1.165, 1.54) is 29.4 Å². The number of aromatic hydroxyl groups is 1. The summed E-state index contributed by atoms with van der Waals surface area (Å²) in [5, 5.41) is 42.3. The van der Waals surface area contributed by atoms with E-state index in [2.05, 4.69) is 20.3 Å². The minimum Gasteiger partial charge on any atom is -0.508 e. The highest BCUT2D eigenvalue weighted by atomic mass is 16.6. The number of anilines is 1. The monoisotopic (exact) mass is 459 g/mol. The maximum atomic E-state index is 12.6. The number of fused-ring (bicyclic) bond motifs is 1. The van der Waals surface area contributed by atoms with Crippen molar-refractivity contribution in [2.45, 2.75) is 43.9 Å². The molecule has 0 saturated carbocycles. The van der Waals surface area contributed by atoms with Crippen molar-refractivity contribution < 1.29 is 34.7 Å².